The van der Waals surface area contributed by atoms with E-state index in [4.69, 9.17) is 23.2 Å². The van der Waals surface area contributed by atoms with Crippen LogP contribution in [-0.4, -0.2) is 7.05 Å². The highest BCUT2D eigenvalue weighted by Gasteiger charge is 2.18. The van der Waals surface area contributed by atoms with E-state index in [-0.39, 0.29) is 11.9 Å². The lowest BCUT2D eigenvalue weighted by molar-refractivity contribution is 0.614. The van der Waals surface area contributed by atoms with Crippen molar-refractivity contribution in [3.8, 4) is 0 Å². The highest BCUT2D eigenvalue weighted by molar-refractivity contribution is 6.36. The van der Waals surface area contributed by atoms with Crippen molar-refractivity contribution < 1.29 is 4.39 Å². The second-order valence-corrected chi connectivity index (χ2v) is 5.18. The molecule has 0 aliphatic carbocycles. The Hall–Kier alpha value is -1.09. The van der Waals surface area contributed by atoms with Gasteiger partial charge in [0.1, 0.15) is 5.82 Å². The van der Waals surface area contributed by atoms with Crippen LogP contribution in [0.5, 0.6) is 0 Å². The average Bonchev–Trinajstić information content (AvgIpc) is 2.37. The van der Waals surface area contributed by atoms with Crippen molar-refractivity contribution in [3.63, 3.8) is 0 Å². The van der Waals surface area contributed by atoms with Crippen LogP contribution in [-0.2, 0) is 0 Å². The summed E-state index contributed by atoms with van der Waals surface area (Å²) in [6.45, 7) is 1.74. The third kappa shape index (κ3) is 2.92. The minimum Gasteiger partial charge on any atom is -0.309 e. The van der Waals surface area contributed by atoms with Crippen LogP contribution in [0.3, 0.4) is 0 Å². The van der Waals surface area contributed by atoms with Gasteiger partial charge >= 0.3 is 0 Å². The molecule has 2 aromatic carbocycles. The zero-order chi connectivity index (χ0) is 14.0. The molecule has 2 rings (SSSR count). The quantitative estimate of drug-likeness (QED) is 0.862. The molecule has 1 N–H and O–H groups in total. The number of hydrogen-bond acceptors (Lipinski definition) is 1. The van der Waals surface area contributed by atoms with Crippen LogP contribution >= 0.6 is 23.2 Å². The number of rotatable bonds is 3. The van der Waals surface area contributed by atoms with Crippen molar-refractivity contribution in [2.75, 3.05) is 7.05 Å². The molecule has 0 saturated heterocycles. The molecule has 100 valence electrons. The molecule has 19 heavy (non-hydrogen) atoms. The number of aryl methyl sites for hydroxylation is 1. The first-order chi connectivity index (χ1) is 9.04. The first-order valence-electron chi connectivity index (χ1n) is 5.92. The lowest BCUT2D eigenvalue weighted by atomic mass is 9.97. The highest BCUT2D eigenvalue weighted by atomic mass is 35.5. The zero-order valence-electron chi connectivity index (χ0n) is 10.7. The van der Waals surface area contributed by atoms with E-state index >= 15 is 0 Å². The van der Waals surface area contributed by atoms with E-state index in [9.17, 15) is 4.39 Å². The van der Waals surface area contributed by atoms with Crippen molar-refractivity contribution >= 4 is 23.2 Å². The summed E-state index contributed by atoms with van der Waals surface area (Å²) in [5.41, 5.74) is 2.33. The Morgan fingerprint density at radius 3 is 2.26 bits per heavy atom. The molecule has 2 aromatic rings. The largest absolute Gasteiger partial charge is 0.309 e. The Balaban J connectivity index is 2.53. The SMILES string of the molecule is CNC(c1ccc(F)c(C)c1)c1c(Cl)cccc1Cl. The van der Waals surface area contributed by atoms with Crippen LogP contribution in [0.2, 0.25) is 10.0 Å². The third-order valence-corrected chi connectivity index (χ3v) is 3.75. The zero-order valence-corrected chi connectivity index (χ0v) is 12.2. The van der Waals surface area contributed by atoms with Crippen LogP contribution in [0.25, 0.3) is 0 Å². The number of halogens is 3. The second kappa shape index (κ2) is 5.91. The Labute approximate surface area is 122 Å². The summed E-state index contributed by atoms with van der Waals surface area (Å²) < 4.78 is 13.4. The summed E-state index contributed by atoms with van der Waals surface area (Å²) in [6.07, 6.45) is 0. The minimum atomic E-state index is -0.219. The van der Waals surface area contributed by atoms with Gasteiger partial charge in [0.25, 0.3) is 0 Å². The average molecular weight is 298 g/mol. The molecule has 0 amide bonds. The van der Waals surface area contributed by atoms with Crippen LogP contribution in [0, 0.1) is 12.7 Å². The van der Waals surface area contributed by atoms with Gasteiger partial charge in [0.15, 0.2) is 0 Å². The van der Waals surface area contributed by atoms with Crippen LogP contribution in [0.1, 0.15) is 22.7 Å². The van der Waals surface area contributed by atoms with E-state index in [0.29, 0.717) is 15.6 Å². The van der Waals surface area contributed by atoms with E-state index in [0.717, 1.165) is 11.1 Å². The van der Waals surface area contributed by atoms with Gasteiger partial charge in [-0.05, 0) is 43.3 Å². The van der Waals surface area contributed by atoms with Gasteiger partial charge in [-0.2, -0.15) is 0 Å². The van der Waals surface area contributed by atoms with Gasteiger partial charge in [-0.1, -0.05) is 41.4 Å². The first-order valence-corrected chi connectivity index (χ1v) is 6.67. The molecule has 1 nitrogen and oxygen atoms in total. The summed E-state index contributed by atoms with van der Waals surface area (Å²) in [6, 6.07) is 10.2. The Kier molecular flexibility index (Phi) is 4.46. The van der Waals surface area contributed by atoms with Crippen molar-refractivity contribution in [2.24, 2.45) is 0 Å². The third-order valence-electron chi connectivity index (χ3n) is 3.09. The normalized spacial score (nSPS) is 12.5. The molecule has 1 unspecified atom stereocenters. The van der Waals surface area contributed by atoms with E-state index in [1.165, 1.54) is 6.07 Å². The summed E-state index contributed by atoms with van der Waals surface area (Å²) in [5, 5.41) is 4.35. The molecule has 0 aliphatic rings. The fraction of sp³-hybridized carbons (Fsp3) is 0.200. The van der Waals surface area contributed by atoms with E-state index in [1.807, 2.05) is 7.05 Å². The summed E-state index contributed by atoms with van der Waals surface area (Å²) in [4.78, 5) is 0. The van der Waals surface area contributed by atoms with Gasteiger partial charge in [0.05, 0.1) is 6.04 Å². The summed E-state index contributed by atoms with van der Waals surface area (Å²) in [5.74, 6) is -0.219. The highest BCUT2D eigenvalue weighted by Crippen LogP contribution is 2.34. The van der Waals surface area contributed by atoms with Gasteiger partial charge in [-0.25, -0.2) is 4.39 Å². The van der Waals surface area contributed by atoms with Crippen LogP contribution in [0.15, 0.2) is 36.4 Å². The van der Waals surface area contributed by atoms with Gasteiger partial charge in [0, 0.05) is 15.6 Å². The number of benzene rings is 2. The molecule has 0 fully saturated rings. The van der Waals surface area contributed by atoms with Gasteiger partial charge in [-0.15, -0.1) is 0 Å². The molecular formula is C15H14Cl2FN. The Bertz CT molecular complexity index is 578. The van der Waals surface area contributed by atoms with Gasteiger partial charge in [0.2, 0.25) is 0 Å². The molecule has 0 radical (unpaired) electrons. The maximum atomic E-state index is 13.4. The standard InChI is InChI=1S/C15H14Cl2FN/c1-9-8-10(6-7-13(9)18)15(19-2)14-11(16)4-3-5-12(14)17/h3-8,15,19H,1-2H3. The number of nitrogens with one attached hydrogen (secondary N) is 1. The maximum Gasteiger partial charge on any atom is 0.126 e. The molecule has 1 atom stereocenters. The number of hydrogen-bond donors (Lipinski definition) is 1. The fourth-order valence-corrected chi connectivity index (χ4v) is 2.73. The lowest BCUT2D eigenvalue weighted by Gasteiger charge is -2.20. The molecule has 4 heteroatoms. The molecule has 0 aliphatic heterocycles. The fourth-order valence-electron chi connectivity index (χ4n) is 2.11. The molecule has 0 saturated carbocycles. The minimum absolute atomic E-state index is 0.166. The van der Waals surface area contributed by atoms with E-state index < -0.39 is 0 Å². The molecule has 0 bridgehead atoms. The second-order valence-electron chi connectivity index (χ2n) is 4.37. The van der Waals surface area contributed by atoms with Crippen LogP contribution in [0.4, 0.5) is 4.39 Å². The monoisotopic (exact) mass is 297 g/mol. The molecule has 0 aromatic heterocycles. The smallest absolute Gasteiger partial charge is 0.126 e. The molecule has 0 heterocycles. The van der Waals surface area contributed by atoms with Gasteiger partial charge in [-0.3, -0.25) is 0 Å². The predicted octanol–water partition coefficient (Wildman–Crippen LogP) is 4.75. The maximum absolute atomic E-state index is 13.4. The van der Waals surface area contributed by atoms with Crippen molar-refractivity contribution in [3.05, 3.63) is 69.0 Å². The first kappa shape index (κ1) is 14.3. The van der Waals surface area contributed by atoms with Crippen LogP contribution < -0.4 is 5.32 Å². The van der Waals surface area contributed by atoms with Gasteiger partial charge < -0.3 is 5.32 Å². The van der Waals surface area contributed by atoms with Crippen molar-refractivity contribution in [1.29, 1.82) is 0 Å². The van der Waals surface area contributed by atoms with Crippen molar-refractivity contribution in [2.45, 2.75) is 13.0 Å². The predicted molar refractivity (Wildman–Crippen MR) is 78.5 cm³/mol. The van der Waals surface area contributed by atoms with E-state index in [1.54, 1.807) is 37.3 Å². The Morgan fingerprint density at radius 2 is 1.74 bits per heavy atom. The summed E-state index contributed by atoms with van der Waals surface area (Å²) in [7, 11) is 1.82. The van der Waals surface area contributed by atoms with Crippen molar-refractivity contribution in [1.82, 2.24) is 5.32 Å². The topological polar surface area (TPSA) is 12.0 Å². The molecular weight excluding hydrogens is 284 g/mol. The van der Waals surface area contributed by atoms with E-state index in [2.05, 4.69) is 5.32 Å². The lowest BCUT2D eigenvalue weighted by Crippen LogP contribution is -2.18. The molecule has 0 spiro atoms. The summed E-state index contributed by atoms with van der Waals surface area (Å²) >= 11 is 12.5. The Morgan fingerprint density at radius 1 is 1.11 bits per heavy atom.